The molecule has 0 bridgehead atoms. The number of aliphatic hydroxyl groups is 1. The lowest BCUT2D eigenvalue weighted by Gasteiger charge is -2.37. The standard InChI is InChI=1S/C18H18F2N2O5S/c1-27-17(23)12-5-8-21-15(11-12)28(25,26)22-9-6-18(24,7-10-22)16-13(19)3-2-4-14(16)20/h2-5,8,11,24H,6-7,9-10H2,1H3. The zero-order valence-corrected chi connectivity index (χ0v) is 15.7. The Bertz CT molecular complexity index is 985. The van der Waals surface area contributed by atoms with Crippen LogP contribution in [0, 0.1) is 11.6 Å². The van der Waals surface area contributed by atoms with Crippen LogP contribution in [0.3, 0.4) is 0 Å². The Balaban J connectivity index is 1.84. The smallest absolute Gasteiger partial charge is 0.338 e. The summed E-state index contributed by atoms with van der Waals surface area (Å²) in [6, 6.07) is 5.69. The number of halogens is 2. The maximum Gasteiger partial charge on any atom is 0.338 e. The summed E-state index contributed by atoms with van der Waals surface area (Å²) in [5.74, 6) is -2.47. The fourth-order valence-electron chi connectivity index (χ4n) is 3.22. The first-order valence-corrected chi connectivity index (χ1v) is 9.84. The van der Waals surface area contributed by atoms with E-state index in [2.05, 4.69) is 9.72 Å². The Morgan fingerprint density at radius 1 is 1.21 bits per heavy atom. The van der Waals surface area contributed by atoms with E-state index in [9.17, 15) is 27.1 Å². The average Bonchev–Trinajstić information content (AvgIpc) is 2.67. The molecule has 2 aromatic rings. The van der Waals surface area contributed by atoms with Gasteiger partial charge in [0.25, 0.3) is 10.0 Å². The lowest BCUT2D eigenvalue weighted by atomic mass is 9.84. The van der Waals surface area contributed by atoms with Crippen LogP contribution in [0.4, 0.5) is 8.78 Å². The summed E-state index contributed by atoms with van der Waals surface area (Å²) in [6.45, 7) is -0.340. The van der Waals surface area contributed by atoms with Gasteiger partial charge in [-0.15, -0.1) is 0 Å². The highest BCUT2D eigenvalue weighted by Gasteiger charge is 2.41. The van der Waals surface area contributed by atoms with E-state index in [4.69, 9.17) is 0 Å². The summed E-state index contributed by atoms with van der Waals surface area (Å²) < 4.78 is 59.3. The molecule has 2 heterocycles. The van der Waals surface area contributed by atoms with Gasteiger partial charge in [-0.25, -0.2) is 27.0 Å². The lowest BCUT2D eigenvalue weighted by molar-refractivity contribution is -0.0156. The predicted molar refractivity (Wildman–Crippen MR) is 93.8 cm³/mol. The van der Waals surface area contributed by atoms with Crippen molar-refractivity contribution in [2.24, 2.45) is 0 Å². The van der Waals surface area contributed by atoms with Crippen LogP contribution in [0.2, 0.25) is 0 Å². The Morgan fingerprint density at radius 3 is 2.39 bits per heavy atom. The third kappa shape index (κ3) is 3.62. The first-order chi connectivity index (χ1) is 13.2. The van der Waals surface area contributed by atoms with Crippen LogP contribution in [0.5, 0.6) is 0 Å². The van der Waals surface area contributed by atoms with Crippen molar-refractivity contribution in [2.75, 3.05) is 20.2 Å². The average molecular weight is 412 g/mol. The number of sulfonamides is 1. The van der Waals surface area contributed by atoms with Crippen molar-refractivity contribution >= 4 is 16.0 Å². The minimum absolute atomic E-state index is 0.0259. The number of rotatable bonds is 4. The van der Waals surface area contributed by atoms with Gasteiger partial charge in [0.15, 0.2) is 5.03 Å². The summed E-state index contributed by atoms with van der Waals surface area (Å²) in [4.78, 5) is 15.4. The van der Waals surface area contributed by atoms with Gasteiger partial charge >= 0.3 is 5.97 Å². The van der Waals surface area contributed by atoms with Crippen molar-refractivity contribution in [3.63, 3.8) is 0 Å². The maximum absolute atomic E-state index is 14.0. The first kappa shape index (κ1) is 20.3. The van der Waals surface area contributed by atoms with Crippen molar-refractivity contribution in [2.45, 2.75) is 23.5 Å². The molecule has 1 aromatic heterocycles. The van der Waals surface area contributed by atoms with Crippen molar-refractivity contribution < 1.29 is 31.8 Å². The highest BCUT2D eigenvalue weighted by atomic mass is 32.2. The number of ether oxygens (including phenoxy) is 1. The van der Waals surface area contributed by atoms with E-state index in [0.29, 0.717) is 0 Å². The third-order valence-electron chi connectivity index (χ3n) is 4.74. The van der Waals surface area contributed by atoms with E-state index in [-0.39, 0.29) is 36.5 Å². The van der Waals surface area contributed by atoms with E-state index in [1.165, 1.54) is 25.4 Å². The van der Waals surface area contributed by atoms with Crippen molar-refractivity contribution in [1.29, 1.82) is 0 Å². The van der Waals surface area contributed by atoms with Crippen molar-refractivity contribution in [3.05, 3.63) is 59.3 Å². The fraction of sp³-hybridized carbons (Fsp3) is 0.333. The zero-order chi connectivity index (χ0) is 20.5. The normalized spacial score (nSPS) is 17.3. The van der Waals surface area contributed by atoms with E-state index in [0.717, 1.165) is 22.5 Å². The van der Waals surface area contributed by atoms with Crippen LogP contribution in [0.1, 0.15) is 28.8 Å². The van der Waals surface area contributed by atoms with Gasteiger partial charge in [0.05, 0.1) is 23.8 Å². The number of esters is 1. The first-order valence-electron chi connectivity index (χ1n) is 8.40. The minimum Gasteiger partial charge on any atom is -0.465 e. The predicted octanol–water partition coefficient (Wildman–Crippen LogP) is 1.82. The molecule has 7 nitrogen and oxygen atoms in total. The summed E-state index contributed by atoms with van der Waals surface area (Å²) in [5, 5.41) is 10.4. The molecular formula is C18H18F2N2O5S. The van der Waals surface area contributed by atoms with Gasteiger partial charge in [-0.1, -0.05) is 6.07 Å². The van der Waals surface area contributed by atoms with E-state index in [1.54, 1.807) is 0 Å². The number of carbonyl (C=O) groups excluding carboxylic acids is 1. The number of pyridine rings is 1. The van der Waals surface area contributed by atoms with Gasteiger partial charge in [-0.2, -0.15) is 4.31 Å². The molecule has 0 saturated carbocycles. The fourth-order valence-corrected chi connectivity index (χ4v) is 4.61. The Labute approximate surface area is 160 Å². The van der Waals surface area contributed by atoms with Crippen molar-refractivity contribution in [3.8, 4) is 0 Å². The molecule has 28 heavy (non-hydrogen) atoms. The molecule has 3 rings (SSSR count). The largest absolute Gasteiger partial charge is 0.465 e. The molecule has 0 radical (unpaired) electrons. The van der Waals surface area contributed by atoms with Crippen molar-refractivity contribution in [1.82, 2.24) is 9.29 Å². The van der Waals surface area contributed by atoms with Crippen LogP contribution < -0.4 is 0 Å². The van der Waals surface area contributed by atoms with Gasteiger partial charge in [0, 0.05) is 19.3 Å². The minimum atomic E-state index is -4.06. The van der Waals surface area contributed by atoms with Gasteiger partial charge < -0.3 is 9.84 Å². The lowest BCUT2D eigenvalue weighted by Crippen LogP contribution is -2.46. The number of nitrogens with zero attached hydrogens (tertiary/aromatic N) is 2. The molecule has 0 unspecified atom stereocenters. The van der Waals surface area contributed by atoms with E-state index >= 15 is 0 Å². The van der Waals surface area contributed by atoms with Gasteiger partial charge in [-0.3, -0.25) is 0 Å². The van der Waals surface area contributed by atoms with Gasteiger partial charge in [0.1, 0.15) is 11.6 Å². The number of aromatic nitrogens is 1. The molecule has 0 amide bonds. The molecule has 1 aliphatic heterocycles. The Hall–Kier alpha value is -2.43. The second kappa shape index (κ2) is 7.53. The highest BCUT2D eigenvalue weighted by molar-refractivity contribution is 7.89. The molecule has 0 atom stereocenters. The summed E-state index contributed by atoms with van der Waals surface area (Å²) in [5.41, 5.74) is -2.25. The topological polar surface area (TPSA) is 96.8 Å². The number of hydrogen-bond donors (Lipinski definition) is 1. The Kier molecular flexibility index (Phi) is 5.46. The molecule has 1 aliphatic rings. The molecule has 1 aromatic carbocycles. The Morgan fingerprint density at radius 2 is 1.82 bits per heavy atom. The number of methoxy groups -OCH3 is 1. The summed E-state index contributed by atoms with van der Waals surface area (Å²) >= 11 is 0. The molecule has 1 saturated heterocycles. The molecule has 0 spiro atoms. The van der Waals surface area contributed by atoms with Crippen LogP contribution in [0.15, 0.2) is 41.6 Å². The monoisotopic (exact) mass is 412 g/mol. The number of carbonyl (C=O) groups is 1. The number of piperidine rings is 1. The molecule has 0 aliphatic carbocycles. The van der Waals surface area contributed by atoms with Gasteiger partial charge in [0.2, 0.25) is 0 Å². The third-order valence-corrected chi connectivity index (χ3v) is 6.53. The van der Waals surface area contributed by atoms with Crippen LogP contribution in [-0.2, 0) is 20.4 Å². The maximum atomic E-state index is 14.0. The van der Waals surface area contributed by atoms with Crippen LogP contribution in [0.25, 0.3) is 0 Å². The van der Waals surface area contributed by atoms with Crippen LogP contribution in [-0.4, -0.2) is 49.0 Å². The molecule has 10 heteroatoms. The van der Waals surface area contributed by atoms with E-state index in [1.807, 2.05) is 0 Å². The molecule has 1 N–H and O–H groups in total. The molecule has 1 fully saturated rings. The second-order valence-corrected chi connectivity index (χ2v) is 8.29. The quantitative estimate of drug-likeness (QED) is 0.770. The van der Waals surface area contributed by atoms with Gasteiger partial charge in [-0.05, 0) is 37.1 Å². The molecular weight excluding hydrogens is 394 g/mol. The summed E-state index contributed by atoms with van der Waals surface area (Å²) in [7, 11) is -2.89. The summed E-state index contributed by atoms with van der Waals surface area (Å²) in [6.07, 6.45) is 0.787. The number of benzene rings is 1. The second-order valence-electron chi connectivity index (χ2n) is 6.41. The number of hydrogen-bond acceptors (Lipinski definition) is 6. The highest BCUT2D eigenvalue weighted by Crippen LogP contribution is 2.37. The zero-order valence-electron chi connectivity index (χ0n) is 14.9. The molecule has 150 valence electrons. The SMILES string of the molecule is COC(=O)c1ccnc(S(=O)(=O)N2CCC(O)(c3c(F)cccc3F)CC2)c1. The van der Waals surface area contributed by atoms with Crippen LogP contribution >= 0.6 is 0 Å². The van der Waals surface area contributed by atoms with E-state index < -0.39 is 38.8 Å².